The Morgan fingerprint density at radius 2 is 1.76 bits per heavy atom. The fourth-order valence-corrected chi connectivity index (χ4v) is 5.11. The molecule has 1 aromatic carbocycles. The van der Waals surface area contributed by atoms with Crippen molar-refractivity contribution in [3.63, 3.8) is 0 Å². The molecular formula is C16H20ClNO6S. The first-order valence-electron chi connectivity index (χ1n) is 7.77. The lowest BCUT2D eigenvalue weighted by molar-refractivity contribution is -0.156. The van der Waals surface area contributed by atoms with Gasteiger partial charge in [-0.25, -0.2) is 13.2 Å². The minimum atomic E-state index is -4.00. The van der Waals surface area contributed by atoms with E-state index in [1.54, 1.807) is 0 Å². The van der Waals surface area contributed by atoms with Gasteiger partial charge in [0.25, 0.3) is 0 Å². The summed E-state index contributed by atoms with van der Waals surface area (Å²) in [7, 11) is -4.00. The fourth-order valence-electron chi connectivity index (χ4n) is 2.89. The molecule has 1 aliphatic carbocycles. The maximum atomic E-state index is 13.1. The Morgan fingerprint density at radius 3 is 2.24 bits per heavy atom. The van der Waals surface area contributed by atoms with E-state index in [-0.39, 0.29) is 17.7 Å². The van der Waals surface area contributed by atoms with Gasteiger partial charge in [0, 0.05) is 5.02 Å². The third kappa shape index (κ3) is 3.65. The zero-order chi connectivity index (χ0) is 18.9. The topological polar surface area (TPSA) is 121 Å². The maximum absolute atomic E-state index is 13.1. The van der Waals surface area contributed by atoms with Crippen molar-refractivity contribution < 1.29 is 28.2 Å². The molecule has 3 N–H and O–H groups in total. The molecule has 2 rings (SSSR count). The number of amides is 1. The van der Waals surface area contributed by atoms with Gasteiger partial charge in [0.05, 0.1) is 11.4 Å². The number of carboxylic acid groups (broad SMARTS) is 1. The second kappa shape index (κ2) is 6.93. The third-order valence-electron chi connectivity index (χ3n) is 4.52. The Bertz CT molecular complexity index is 766. The number of carboxylic acids is 1. The summed E-state index contributed by atoms with van der Waals surface area (Å²) in [6.07, 6.45) is 1.41. The van der Waals surface area contributed by atoms with Crippen molar-refractivity contribution >= 4 is 33.3 Å². The summed E-state index contributed by atoms with van der Waals surface area (Å²) >= 11 is 5.79. The van der Waals surface area contributed by atoms with Crippen LogP contribution in [0.5, 0.6) is 0 Å². The van der Waals surface area contributed by atoms with Crippen molar-refractivity contribution in [1.82, 2.24) is 5.32 Å². The van der Waals surface area contributed by atoms with Crippen LogP contribution in [-0.2, 0) is 19.4 Å². The SMILES string of the molecule is CC(O)(CNC(=O)C1(S(=O)(=O)c2ccc(Cl)cc2)CCCC1)C(=O)O. The largest absolute Gasteiger partial charge is 0.479 e. The minimum Gasteiger partial charge on any atom is -0.479 e. The van der Waals surface area contributed by atoms with Crippen LogP contribution in [0.15, 0.2) is 29.2 Å². The highest BCUT2D eigenvalue weighted by atomic mass is 35.5. The lowest BCUT2D eigenvalue weighted by atomic mass is 10.0. The predicted octanol–water partition coefficient (Wildman–Crippen LogP) is 1.38. The average molecular weight is 390 g/mol. The number of nitrogens with one attached hydrogen (secondary N) is 1. The van der Waals surface area contributed by atoms with Crippen LogP contribution in [0.3, 0.4) is 0 Å². The summed E-state index contributed by atoms with van der Waals surface area (Å²) in [5, 5.41) is 21.3. The van der Waals surface area contributed by atoms with Crippen LogP contribution in [0, 0.1) is 0 Å². The summed E-state index contributed by atoms with van der Waals surface area (Å²) in [5.41, 5.74) is -2.18. The number of hydrogen-bond acceptors (Lipinski definition) is 5. The summed E-state index contributed by atoms with van der Waals surface area (Å²) in [6, 6.07) is 5.56. The van der Waals surface area contributed by atoms with Gasteiger partial charge in [0.15, 0.2) is 20.2 Å². The van der Waals surface area contributed by atoms with Crippen molar-refractivity contribution in [2.24, 2.45) is 0 Å². The van der Waals surface area contributed by atoms with Gasteiger partial charge in [-0.1, -0.05) is 24.4 Å². The van der Waals surface area contributed by atoms with Crippen molar-refractivity contribution in [2.45, 2.75) is 47.9 Å². The molecule has 1 amide bonds. The van der Waals surface area contributed by atoms with Crippen LogP contribution in [0.4, 0.5) is 0 Å². The summed E-state index contributed by atoms with van der Waals surface area (Å²) < 4.78 is 24.5. The molecule has 138 valence electrons. The molecule has 0 aliphatic heterocycles. The van der Waals surface area contributed by atoms with Gasteiger partial charge >= 0.3 is 5.97 Å². The van der Waals surface area contributed by atoms with E-state index in [0.717, 1.165) is 6.92 Å². The molecule has 1 aliphatic rings. The van der Waals surface area contributed by atoms with Gasteiger partial charge < -0.3 is 15.5 Å². The lowest BCUT2D eigenvalue weighted by Gasteiger charge is -2.29. The van der Waals surface area contributed by atoms with Crippen LogP contribution in [-0.4, -0.2) is 47.4 Å². The van der Waals surface area contributed by atoms with E-state index in [1.807, 2.05) is 0 Å². The third-order valence-corrected chi connectivity index (χ3v) is 7.28. The van der Waals surface area contributed by atoms with Gasteiger partial charge in [-0.3, -0.25) is 4.79 Å². The van der Waals surface area contributed by atoms with E-state index in [0.29, 0.717) is 17.9 Å². The lowest BCUT2D eigenvalue weighted by Crippen LogP contribution is -2.55. The van der Waals surface area contributed by atoms with Gasteiger partial charge in [0.2, 0.25) is 5.91 Å². The van der Waals surface area contributed by atoms with Crippen LogP contribution in [0.1, 0.15) is 32.6 Å². The van der Waals surface area contributed by atoms with E-state index in [9.17, 15) is 23.1 Å². The van der Waals surface area contributed by atoms with Crippen LogP contribution >= 0.6 is 11.6 Å². The smallest absolute Gasteiger partial charge is 0.337 e. The molecule has 0 radical (unpaired) electrons. The molecular weight excluding hydrogens is 370 g/mol. The number of hydrogen-bond donors (Lipinski definition) is 3. The van der Waals surface area contributed by atoms with Crippen LogP contribution in [0.2, 0.25) is 5.02 Å². The van der Waals surface area contributed by atoms with Gasteiger partial charge in [-0.05, 0) is 44.0 Å². The van der Waals surface area contributed by atoms with E-state index >= 15 is 0 Å². The molecule has 0 aromatic heterocycles. The van der Waals surface area contributed by atoms with Crippen LogP contribution < -0.4 is 5.32 Å². The Balaban J connectivity index is 2.33. The highest BCUT2D eigenvalue weighted by Crippen LogP contribution is 2.41. The van der Waals surface area contributed by atoms with Gasteiger partial charge in [0.1, 0.15) is 0 Å². The molecule has 0 bridgehead atoms. The fraction of sp³-hybridized carbons (Fsp3) is 0.500. The first kappa shape index (κ1) is 19.7. The zero-order valence-corrected chi connectivity index (χ0v) is 15.2. The van der Waals surface area contributed by atoms with Crippen molar-refractivity contribution in [3.8, 4) is 0 Å². The van der Waals surface area contributed by atoms with E-state index in [4.69, 9.17) is 16.7 Å². The quantitative estimate of drug-likeness (QED) is 0.675. The summed E-state index contributed by atoms with van der Waals surface area (Å²) in [5.74, 6) is -2.30. The zero-order valence-electron chi connectivity index (χ0n) is 13.7. The van der Waals surface area contributed by atoms with Gasteiger partial charge in [-0.2, -0.15) is 0 Å². The number of aliphatic hydroxyl groups is 1. The molecule has 1 aromatic rings. The van der Waals surface area contributed by atoms with Crippen molar-refractivity contribution in [2.75, 3.05) is 6.54 Å². The Hall–Kier alpha value is -1.64. The molecule has 1 unspecified atom stereocenters. The molecule has 0 saturated heterocycles. The van der Waals surface area contributed by atoms with E-state index in [1.165, 1.54) is 24.3 Å². The van der Waals surface area contributed by atoms with E-state index < -0.39 is 38.6 Å². The molecule has 1 fully saturated rings. The highest BCUT2D eigenvalue weighted by molar-refractivity contribution is 7.93. The minimum absolute atomic E-state index is 0.0149. The molecule has 9 heteroatoms. The summed E-state index contributed by atoms with van der Waals surface area (Å²) in [4.78, 5) is 23.6. The van der Waals surface area contributed by atoms with Crippen molar-refractivity contribution in [3.05, 3.63) is 29.3 Å². The number of carbonyl (C=O) groups is 2. The number of halogens is 1. The maximum Gasteiger partial charge on any atom is 0.337 e. The highest BCUT2D eigenvalue weighted by Gasteiger charge is 2.53. The number of carbonyl (C=O) groups excluding carboxylic acids is 1. The Morgan fingerprint density at radius 1 is 1.24 bits per heavy atom. The van der Waals surface area contributed by atoms with Crippen LogP contribution in [0.25, 0.3) is 0 Å². The first-order chi connectivity index (χ1) is 11.5. The number of sulfone groups is 1. The first-order valence-corrected chi connectivity index (χ1v) is 9.63. The second-order valence-corrected chi connectivity index (χ2v) is 9.12. The predicted molar refractivity (Wildman–Crippen MR) is 91.1 cm³/mol. The Kier molecular flexibility index (Phi) is 5.46. The number of aliphatic carboxylic acids is 1. The average Bonchev–Trinajstić information content (AvgIpc) is 3.04. The number of benzene rings is 1. The normalized spacial score (nSPS) is 19.2. The van der Waals surface area contributed by atoms with Gasteiger partial charge in [-0.15, -0.1) is 0 Å². The monoisotopic (exact) mass is 389 g/mol. The Labute approximate surface area is 150 Å². The number of rotatable bonds is 6. The molecule has 7 nitrogen and oxygen atoms in total. The molecule has 0 heterocycles. The molecule has 1 atom stereocenters. The van der Waals surface area contributed by atoms with Crippen molar-refractivity contribution in [1.29, 1.82) is 0 Å². The summed E-state index contributed by atoms with van der Waals surface area (Å²) in [6.45, 7) is 0.448. The van der Waals surface area contributed by atoms with E-state index in [2.05, 4.69) is 5.32 Å². The second-order valence-electron chi connectivity index (χ2n) is 6.42. The standard InChI is InChI=1S/C16H20ClNO6S/c1-15(22,14(20)21)10-18-13(19)16(8-2-3-9-16)25(23,24)12-6-4-11(17)5-7-12/h4-7,22H,2-3,8-10H2,1H3,(H,18,19)(H,20,21). The molecule has 25 heavy (non-hydrogen) atoms. The molecule has 0 spiro atoms. The molecule has 1 saturated carbocycles.